The van der Waals surface area contributed by atoms with Crippen molar-refractivity contribution in [2.24, 2.45) is 0 Å². The number of carbonyl (C=O) groups excluding carboxylic acids is 1. The van der Waals surface area contributed by atoms with Gasteiger partial charge in [-0.05, 0) is 55.7 Å². The van der Waals surface area contributed by atoms with Gasteiger partial charge >= 0.3 is 0 Å². The van der Waals surface area contributed by atoms with Gasteiger partial charge in [0, 0.05) is 22.3 Å². The fraction of sp³-hybridized carbons (Fsp3) is 0.316. The van der Waals surface area contributed by atoms with Gasteiger partial charge in [0.15, 0.2) is 0 Å². The first-order valence-electron chi connectivity index (χ1n) is 8.55. The number of nitrogens with one attached hydrogen (secondary N) is 2. The molecule has 0 radical (unpaired) electrons. The van der Waals surface area contributed by atoms with Crippen molar-refractivity contribution in [1.82, 2.24) is 4.72 Å². The van der Waals surface area contributed by atoms with E-state index in [4.69, 9.17) is 11.6 Å². The first-order chi connectivity index (χ1) is 12.3. The van der Waals surface area contributed by atoms with E-state index in [1.54, 1.807) is 24.3 Å². The third kappa shape index (κ3) is 4.44. The number of hydrogen-bond donors (Lipinski definition) is 2. The third-order valence-electron chi connectivity index (χ3n) is 4.51. The molecule has 2 N–H and O–H groups in total. The van der Waals surface area contributed by atoms with E-state index in [9.17, 15) is 13.2 Å². The predicted octanol–water partition coefficient (Wildman–Crippen LogP) is 4.12. The first-order valence-corrected chi connectivity index (χ1v) is 10.4. The molecule has 26 heavy (non-hydrogen) atoms. The maximum absolute atomic E-state index is 12.5. The monoisotopic (exact) mass is 392 g/mol. The highest BCUT2D eigenvalue weighted by atomic mass is 35.5. The van der Waals surface area contributed by atoms with Crippen LogP contribution in [0.1, 0.15) is 41.6 Å². The van der Waals surface area contributed by atoms with E-state index in [0.29, 0.717) is 10.7 Å². The molecule has 1 saturated carbocycles. The van der Waals surface area contributed by atoms with Crippen LogP contribution in [0, 0.1) is 6.92 Å². The van der Waals surface area contributed by atoms with E-state index in [1.165, 1.54) is 12.1 Å². The lowest BCUT2D eigenvalue weighted by atomic mass is 10.2. The second-order valence-corrected chi connectivity index (χ2v) is 8.67. The Hall–Kier alpha value is -1.89. The van der Waals surface area contributed by atoms with Crippen LogP contribution >= 0.6 is 11.6 Å². The molecule has 1 amide bonds. The number of amides is 1. The standard InChI is InChI=1S/C19H21ClN2O3S/c1-13-9-10-16(12-18(13)20)21-19(23)14-5-4-8-17(11-14)26(24,25)22-15-6-2-3-7-15/h4-5,8-12,15,22H,2-3,6-7H2,1H3,(H,21,23). The van der Waals surface area contributed by atoms with Crippen molar-refractivity contribution in [3.8, 4) is 0 Å². The Labute approximate surface area is 158 Å². The van der Waals surface area contributed by atoms with E-state index in [2.05, 4.69) is 10.0 Å². The number of benzene rings is 2. The minimum absolute atomic E-state index is 0.0211. The van der Waals surface area contributed by atoms with Gasteiger partial charge in [-0.1, -0.05) is 36.6 Å². The molecule has 0 unspecified atom stereocenters. The quantitative estimate of drug-likeness (QED) is 0.803. The molecule has 0 aromatic heterocycles. The van der Waals surface area contributed by atoms with Gasteiger partial charge in [-0.15, -0.1) is 0 Å². The molecule has 0 aliphatic heterocycles. The summed E-state index contributed by atoms with van der Waals surface area (Å²) in [6.45, 7) is 1.87. The molecule has 0 atom stereocenters. The summed E-state index contributed by atoms with van der Waals surface area (Å²) in [4.78, 5) is 12.6. The lowest BCUT2D eigenvalue weighted by Gasteiger charge is -2.13. The SMILES string of the molecule is Cc1ccc(NC(=O)c2cccc(S(=O)(=O)NC3CCCC3)c2)cc1Cl. The van der Waals surface area contributed by atoms with Crippen molar-refractivity contribution in [3.63, 3.8) is 0 Å². The highest BCUT2D eigenvalue weighted by Crippen LogP contribution is 2.22. The minimum Gasteiger partial charge on any atom is -0.322 e. The van der Waals surface area contributed by atoms with Crippen LogP contribution in [0.4, 0.5) is 5.69 Å². The fourth-order valence-corrected chi connectivity index (χ4v) is 4.54. The van der Waals surface area contributed by atoms with Crippen LogP contribution in [-0.2, 0) is 10.0 Å². The number of sulfonamides is 1. The average Bonchev–Trinajstić information content (AvgIpc) is 3.10. The fourth-order valence-electron chi connectivity index (χ4n) is 3.01. The van der Waals surface area contributed by atoms with Gasteiger partial charge in [0.2, 0.25) is 10.0 Å². The van der Waals surface area contributed by atoms with Crippen molar-refractivity contribution in [2.75, 3.05) is 5.32 Å². The molecule has 1 fully saturated rings. The number of rotatable bonds is 5. The Morgan fingerprint density at radius 1 is 1.12 bits per heavy atom. The van der Waals surface area contributed by atoms with Crippen LogP contribution in [0.2, 0.25) is 5.02 Å². The minimum atomic E-state index is -3.64. The van der Waals surface area contributed by atoms with E-state index in [1.807, 2.05) is 13.0 Å². The zero-order valence-corrected chi connectivity index (χ0v) is 16.0. The maximum atomic E-state index is 12.5. The smallest absolute Gasteiger partial charge is 0.255 e. The molecule has 3 rings (SSSR count). The number of halogens is 1. The van der Waals surface area contributed by atoms with Crippen LogP contribution in [0.3, 0.4) is 0 Å². The van der Waals surface area contributed by atoms with Gasteiger partial charge in [-0.2, -0.15) is 0 Å². The van der Waals surface area contributed by atoms with Crippen molar-refractivity contribution in [1.29, 1.82) is 0 Å². The van der Waals surface area contributed by atoms with E-state index in [-0.39, 0.29) is 22.4 Å². The zero-order valence-electron chi connectivity index (χ0n) is 14.5. The van der Waals surface area contributed by atoms with Crippen LogP contribution in [0.15, 0.2) is 47.4 Å². The molecule has 5 nitrogen and oxygen atoms in total. The van der Waals surface area contributed by atoms with Crippen LogP contribution in [0.25, 0.3) is 0 Å². The Morgan fingerprint density at radius 2 is 1.85 bits per heavy atom. The number of anilines is 1. The molecular formula is C19H21ClN2O3S. The molecule has 0 heterocycles. The molecule has 1 aliphatic rings. The highest BCUT2D eigenvalue weighted by molar-refractivity contribution is 7.89. The third-order valence-corrected chi connectivity index (χ3v) is 6.44. The van der Waals surface area contributed by atoms with Gasteiger partial charge in [-0.3, -0.25) is 4.79 Å². The molecule has 0 spiro atoms. The molecule has 7 heteroatoms. The van der Waals surface area contributed by atoms with Crippen molar-refractivity contribution in [2.45, 2.75) is 43.5 Å². The molecule has 0 saturated heterocycles. The molecule has 2 aromatic carbocycles. The number of aryl methyl sites for hydroxylation is 1. The Kier molecular flexibility index (Phi) is 5.65. The summed E-state index contributed by atoms with van der Waals surface area (Å²) in [6.07, 6.45) is 3.78. The summed E-state index contributed by atoms with van der Waals surface area (Å²) in [6, 6.07) is 11.2. The van der Waals surface area contributed by atoms with Gasteiger partial charge in [0.1, 0.15) is 0 Å². The van der Waals surface area contributed by atoms with Crippen LogP contribution < -0.4 is 10.0 Å². The van der Waals surface area contributed by atoms with Gasteiger partial charge < -0.3 is 5.32 Å². The Morgan fingerprint density at radius 3 is 2.54 bits per heavy atom. The summed E-state index contributed by atoms with van der Waals surface area (Å²) >= 11 is 6.07. The van der Waals surface area contributed by atoms with Crippen molar-refractivity contribution in [3.05, 3.63) is 58.6 Å². The summed E-state index contributed by atoms with van der Waals surface area (Å²) in [5.74, 6) is -0.386. The molecule has 0 bridgehead atoms. The summed E-state index contributed by atoms with van der Waals surface area (Å²) < 4.78 is 27.8. The Balaban J connectivity index is 1.77. The summed E-state index contributed by atoms with van der Waals surface area (Å²) in [5, 5.41) is 3.29. The Bertz CT molecular complexity index is 922. The number of hydrogen-bond acceptors (Lipinski definition) is 3. The van der Waals surface area contributed by atoms with Crippen molar-refractivity contribution < 1.29 is 13.2 Å². The van der Waals surface area contributed by atoms with Gasteiger partial charge in [-0.25, -0.2) is 13.1 Å². The predicted molar refractivity (Wildman–Crippen MR) is 103 cm³/mol. The van der Waals surface area contributed by atoms with Gasteiger partial charge in [0.25, 0.3) is 5.91 Å². The molecule has 2 aromatic rings. The lowest BCUT2D eigenvalue weighted by molar-refractivity contribution is 0.102. The lowest BCUT2D eigenvalue weighted by Crippen LogP contribution is -2.32. The largest absolute Gasteiger partial charge is 0.322 e. The first kappa shape index (κ1) is 18.9. The molecule has 138 valence electrons. The topological polar surface area (TPSA) is 75.3 Å². The van der Waals surface area contributed by atoms with Crippen LogP contribution in [0.5, 0.6) is 0 Å². The van der Waals surface area contributed by atoms with E-state index >= 15 is 0 Å². The second-order valence-electron chi connectivity index (χ2n) is 6.55. The van der Waals surface area contributed by atoms with Gasteiger partial charge in [0.05, 0.1) is 4.90 Å². The normalized spacial score (nSPS) is 15.2. The number of carbonyl (C=O) groups is 1. The summed E-state index contributed by atoms with van der Waals surface area (Å²) in [7, 11) is -3.64. The highest BCUT2D eigenvalue weighted by Gasteiger charge is 2.23. The van der Waals surface area contributed by atoms with Crippen LogP contribution in [-0.4, -0.2) is 20.4 Å². The molecule has 1 aliphatic carbocycles. The second kappa shape index (κ2) is 7.78. The van der Waals surface area contributed by atoms with E-state index in [0.717, 1.165) is 31.2 Å². The van der Waals surface area contributed by atoms with Crippen molar-refractivity contribution >= 4 is 33.2 Å². The average molecular weight is 393 g/mol. The summed E-state index contributed by atoms with van der Waals surface area (Å²) in [5.41, 5.74) is 1.75. The maximum Gasteiger partial charge on any atom is 0.255 e. The molecular weight excluding hydrogens is 372 g/mol. The van der Waals surface area contributed by atoms with E-state index < -0.39 is 10.0 Å². The zero-order chi connectivity index (χ0) is 18.7.